The van der Waals surface area contributed by atoms with Gasteiger partial charge in [0.2, 0.25) is 5.88 Å². The summed E-state index contributed by atoms with van der Waals surface area (Å²) >= 11 is 0. The number of carbonyl (C=O) groups is 1. The van der Waals surface area contributed by atoms with Gasteiger partial charge in [0.15, 0.2) is 6.29 Å². The van der Waals surface area contributed by atoms with Crippen LogP contribution in [0.1, 0.15) is 15.9 Å². The molecule has 0 spiro atoms. The zero-order valence-electron chi connectivity index (χ0n) is 12.8. The number of nitrogens with two attached hydrogens (primary N) is 1. The predicted octanol–water partition coefficient (Wildman–Crippen LogP) is 3.24. The lowest BCUT2D eigenvalue weighted by molar-refractivity contribution is 0.112. The number of aldehydes is 1. The van der Waals surface area contributed by atoms with Crippen LogP contribution >= 0.6 is 0 Å². The summed E-state index contributed by atoms with van der Waals surface area (Å²) in [5.74, 6) is 1.43. The summed E-state index contributed by atoms with van der Waals surface area (Å²) in [6.45, 7) is 0.485. The van der Waals surface area contributed by atoms with Crippen LogP contribution < -0.4 is 15.2 Å². The molecule has 0 atom stereocenters. The maximum Gasteiger partial charge on any atom is 0.235 e. The second-order valence-corrected chi connectivity index (χ2v) is 4.94. The molecule has 0 aliphatic heterocycles. The van der Waals surface area contributed by atoms with Gasteiger partial charge >= 0.3 is 0 Å². The molecule has 2 N–H and O–H groups in total. The molecule has 3 aromatic rings. The van der Waals surface area contributed by atoms with Gasteiger partial charge in [-0.25, -0.2) is 9.97 Å². The van der Waals surface area contributed by atoms with Crippen LogP contribution in [0.3, 0.4) is 0 Å². The monoisotopic (exact) mass is 321 g/mol. The van der Waals surface area contributed by atoms with Crippen LogP contribution in [0.25, 0.3) is 0 Å². The third-order valence-electron chi connectivity index (χ3n) is 3.28. The second kappa shape index (κ2) is 7.23. The van der Waals surface area contributed by atoms with Gasteiger partial charge in [0.1, 0.15) is 35.8 Å². The number of benzene rings is 2. The van der Waals surface area contributed by atoms with Gasteiger partial charge in [-0.3, -0.25) is 4.79 Å². The van der Waals surface area contributed by atoms with Crippen LogP contribution in [0.2, 0.25) is 0 Å². The molecule has 1 aromatic heterocycles. The molecular formula is C18H15N3O3. The fourth-order valence-electron chi connectivity index (χ4n) is 2.04. The molecule has 0 aliphatic rings. The van der Waals surface area contributed by atoms with Crippen molar-refractivity contribution in [1.82, 2.24) is 9.97 Å². The number of ether oxygens (including phenoxy) is 2. The summed E-state index contributed by atoms with van der Waals surface area (Å²) < 4.78 is 11.3. The number of rotatable bonds is 6. The average Bonchev–Trinajstić information content (AvgIpc) is 2.62. The van der Waals surface area contributed by atoms with Gasteiger partial charge in [0.05, 0.1) is 0 Å². The van der Waals surface area contributed by atoms with Crippen LogP contribution in [0.5, 0.6) is 17.4 Å². The molecule has 3 rings (SSSR count). The van der Waals surface area contributed by atoms with E-state index in [9.17, 15) is 4.79 Å². The summed E-state index contributed by atoms with van der Waals surface area (Å²) in [6, 6.07) is 16.9. The standard InChI is InChI=1S/C18H15N3O3/c19-17-16(10-22)18(21-12-20-17)24-15-8-6-14(7-9-15)23-11-13-4-2-1-3-5-13/h1-10,12H,11H2,(H2,19,20,21). The first-order valence-electron chi connectivity index (χ1n) is 7.26. The lowest BCUT2D eigenvalue weighted by atomic mass is 10.2. The van der Waals surface area contributed by atoms with Crippen LogP contribution in [-0.2, 0) is 6.61 Å². The van der Waals surface area contributed by atoms with Gasteiger partial charge in [-0.15, -0.1) is 0 Å². The lowest BCUT2D eigenvalue weighted by Crippen LogP contribution is -2.01. The minimum Gasteiger partial charge on any atom is -0.489 e. The highest BCUT2D eigenvalue weighted by atomic mass is 16.5. The van der Waals surface area contributed by atoms with Gasteiger partial charge in [0.25, 0.3) is 0 Å². The van der Waals surface area contributed by atoms with E-state index in [0.29, 0.717) is 24.4 Å². The van der Waals surface area contributed by atoms with Crippen LogP contribution in [-0.4, -0.2) is 16.3 Å². The van der Waals surface area contributed by atoms with Crippen LogP contribution in [0.4, 0.5) is 5.82 Å². The van der Waals surface area contributed by atoms with Crippen molar-refractivity contribution in [3.63, 3.8) is 0 Å². The topological polar surface area (TPSA) is 87.3 Å². The van der Waals surface area contributed by atoms with Gasteiger partial charge in [-0.05, 0) is 29.8 Å². The Kier molecular flexibility index (Phi) is 4.67. The van der Waals surface area contributed by atoms with Crippen molar-refractivity contribution in [3.05, 3.63) is 72.1 Å². The zero-order valence-corrected chi connectivity index (χ0v) is 12.8. The Hall–Kier alpha value is -3.41. The Morgan fingerprint density at radius 3 is 2.38 bits per heavy atom. The summed E-state index contributed by atoms with van der Waals surface area (Å²) in [4.78, 5) is 18.7. The number of hydrogen-bond acceptors (Lipinski definition) is 6. The van der Waals surface area contributed by atoms with E-state index < -0.39 is 0 Å². The number of aromatic nitrogens is 2. The second-order valence-electron chi connectivity index (χ2n) is 4.94. The van der Waals surface area contributed by atoms with E-state index in [-0.39, 0.29) is 17.3 Å². The first-order valence-corrected chi connectivity index (χ1v) is 7.26. The molecule has 6 heteroatoms. The van der Waals surface area contributed by atoms with Crippen LogP contribution in [0.15, 0.2) is 60.9 Å². The van der Waals surface area contributed by atoms with Gasteiger partial charge in [-0.2, -0.15) is 0 Å². The Bertz CT molecular complexity index is 821. The predicted molar refractivity (Wildman–Crippen MR) is 89.1 cm³/mol. The summed E-state index contributed by atoms with van der Waals surface area (Å²) in [7, 11) is 0. The molecule has 120 valence electrons. The van der Waals surface area contributed by atoms with E-state index in [2.05, 4.69) is 9.97 Å². The molecule has 6 nitrogen and oxygen atoms in total. The molecular weight excluding hydrogens is 306 g/mol. The fraction of sp³-hybridized carbons (Fsp3) is 0.0556. The highest BCUT2D eigenvalue weighted by Crippen LogP contribution is 2.26. The minimum absolute atomic E-state index is 0.0813. The van der Waals surface area contributed by atoms with E-state index in [4.69, 9.17) is 15.2 Å². The lowest BCUT2D eigenvalue weighted by Gasteiger charge is -2.09. The number of anilines is 1. The quantitative estimate of drug-likeness (QED) is 0.701. The third-order valence-corrected chi connectivity index (χ3v) is 3.28. The molecule has 2 aromatic carbocycles. The first-order chi connectivity index (χ1) is 11.8. The number of nitrogen functional groups attached to an aromatic ring is 1. The van der Waals surface area contributed by atoms with Crippen molar-refractivity contribution in [2.24, 2.45) is 0 Å². The zero-order chi connectivity index (χ0) is 16.8. The molecule has 1 heterocycles. The smallest absolute Gasteiger partial charge is 0.235 e. The molecule has 0 saturated heterocycles. The highest BCUT2D eigenvalue weighted by molar-refractivity contribution is 5.84. The Morgan fingerprint density at radius 1 is 0.958 bits per heavy atom. The largest absolute Gasteiger partial charge is 0.489 e. The summed E-state index contributed by atoms with van der Waals surface area (Å²) in [6.07, 6.45) is 1.82. The van der Waals surface area contributed by atoms with Crippen molar-refractivity contribution in [2.45, 2.75) is 6.61 Å². The Balaban J connectivity index is 1.67. The first kappa shape index (κ1) is 15.5. The van der Waals surface area contributed by atoms with E-state index in [1.165, 1.54) is 6.33 Å². The molecule has 0 fully saturated rings. The SMILES string of the molecule is Nc1ncnc(Oc2ccc(OCc3ccccc3)cc2)c1C=O. The van der Waals surface area contributed by atoms with Crippen molar-refractivity contribution < 1.29 is 14.3 Å². The minimum atomic E-state index is 0.0813. The fourth-order valence-corrected chi connectivity index (χ4v) is 2.04. The van der Waals surface area contributed by atoms with Crippen molar-refractivity contribution in [3.8, 4) is 17.4 Å². The summed E-state index contributed by atoms with van der Waals surface area (Å²) in [5, 5.41) is 0. The van der Waals surface area contributed by atoms with Crippen molar-refractivity contribution in [1.29, 1.82) is 0 Å². The van der Waals surface area contributed by atoms with E-state index >= 15 is 0 Å². The molecule has 0 saturated carbocycles. The molecule has 0 unspecified atom stereocenters. The molecule has 24 heavy (non-hydrogen) atoms. The molecule has 0 radical (unpaired) electrons. The van der Waals surface area contributed by atoms with Crippen molar-refractivity contribution >= 4 is 12.1 Å². The number of nitrogens with zero attached hydrogens (tertiary/aromatic N) is 2. The Morgan fingerprint density at radius 2 is 1.67 bits per heavy atom. The number of carbonyl (C=O) groups excluding carboxylic acids is 1. The summed E-state index contributed by atoms with van der Waals surface area (Å²) in [5.41, 5.74) is 6.84. The Labute approximate surface area is 138 Å². The highest BCUT2D eigenvalue weighted by Gasteiger charge is 2.10. The van der Waals surface area contributed by atoms with Gasteiger partial charge in [0, 0.05) is 0 Å². The maximum atomic E-state index is 11.1. The molecule has 0 bridgehead atoms. The van der Waals surface area contributed by atoms with Gasteiger partial charge in [-0.1, -0.05) is 30.3 Å². The van der Waals surface area contributed by atoms with Crippen LogP contribution in [0, 0.1) is 0 Å². The maximum absolute atomic E-state index is 11.1. The van der Waals surface area contributed by atoms with E-state index in [1.54, 1.807) is 24.3 Å². The molecule has 0 aliphatic carbocycles. The third kappa shape index (κ3) is 3.67. The molecule has 0 amide bonds. The van der Waals surface area contributed by atoms with Gasteiger partial charge < -0.3 is 15.2 Å². The van der Waals surface area contributed by atoms with E-state index in [0.717, 1.165) is 5.56 Å². The van der Waals surface area contributed by atoms with Crippen molar-refractivity contribution in [2.75, 3.05) is 5.73 Å². The normalized spacial score (nSPS) is 10.2. The van der Waals surface area contributed by atoms with E-state index in [1.807, 2.05) is 30.3 Å². The number of hydrogen-bond donors (Lipinski definition) is 1. The average molecular weight is 321 g/mol.